The molecule has 0 saturated carbocycles. The molecule has 1 aromatic rings. The number of esters is 1. The van der Waals surface area contributed by atoms with Gasteiger partial charge in [0.05, 0.1) is 18.6 Å². The lowest BCUT2D eigenvalue weighted by molar-refractivity contribution is -0.141. The molecule has 0 aliphatic carbocycles. The van der Waals surface area contributed by atoms with Crippen LogP contribution in [0.15, 0.2) is 21.8 Å². The molecular weight excluding hydrogens is 290 g/mol. The molecule has 0 saturated heterocycles. The van der Waals surface area contributed by atoms with E-state index in [4.69, 9.17) is 9.52 Å². The minimum atomic E-state index is -3.99. The molecule has 0 fully saturated rings. The van der Waals surface area contributed by atoms with Crippen LogP contribution < -0.4 is 0 Å². The van der Waals surface area contributed by atoms with Crippen molar-refractivity contribution in [1.29, 1.82) is 0 Å². The molecule has 0 aromatic carbocycles. The summed E-state index contributed by atoms with van der Waals surface area (Å²) in [4.78, 5) is 21.9. The van der Waals surface area contributed by atoms with Crippen molar-refractivity contribution < 1.29 is 32.3 Å². The molecule has 1 N–H and O–H groups in total. The number of carboxylic acids is 1. The minimum absolute atomic E-state index is 0.0363. The highest BCUT2D eigenvalue weighted by Crippen LogP contribution is 2.19. The number of nitrogens with zero attached hydrogens (tertiary/aromatic N) is 1. The summed E-state index contributed by atoms with van der Waals surface area (Å²) in [5, 5.41) is 8.32. The number of sulfonamides is 1. The summed E-state index contributed by atoms with van der Waals surface area (Å²) >= 11 is 0. The molecule has 0 spiro atoms. The Morgan fingerprint density at radius 3 is 2.60 bits per heavy atom. The van der Waals surface area contributed by atoms with E-state index in [1.165, 1.54) is 14.0 Å². The average Bonchev–Trinajstić information content (AvgIpc) is 2.87. The van der Waals surface area contributed by atoms with Crippen LogP contribution in [0.4, 0.5) is 0 Å². The highest BCUT2D eigenvalue weighted by atomic mass is 32.2. The summed E-state index contributed by atoms with van der Waals surface area (Å²) in [6.45, 7) is 1.17. The fourth-order valence-corrected chi connectivity index (χ4v) is 2.56. The summed E-state index contributed by atoms with van der Waals surface area (Å²) in [5.74, 6) is -2.71. The molecule has 1 unspecified atom stereocenters. The monoisotopic (exact) mass is 305 g/mol. The maximum Gasteiger partial charge on any atom is 0.341 e. The molecule has 9 heteroatoms. The van der Waals surface area contributed by atoms with E-state index in [0.717, 1.165) is 23.7 Å². The lowest BCUT2D eigenvalue weighted by Crippen LogP contribution is -2.33. The Kier molecular flexibility index (Phi) is 4.90. The van der Waals surface area contributed by atoms with Gasteiger partial charge in [0.1, 0.15) is 6.26 Å². The second kappa shape index (κ2) is 6.06. The summed E-state index contributed by atoms with van der Waals surface area (Å²) in [7, 11) is -1.60. The van der Waals surface area contributed by atoms with Gasteiger partial charge in [0.25, 0.3) is 10.0 Å². The fourth-order valence-electron chi connectivity index (χ4n) is 1.39. The number of hydrogen-bond acceptors (Lipinski definition) is 6. The molecular formula is C11H15NO7S. The molecule has 20 heavy (non-hydrogen) atoms. The third-order valence-electron chi connectivity index (χ3n) is 2.61. The van der Waals surface area contributed by atoms with Crippen molar-refractivity contribution in [3.8, 4) is 0 Å². The van der Waals surface area contributed by atoms with Gasteiger partial charge in [-0.15, -0.1) is 0 Å². The van der Waals surface area contributed by atoms with Crippen LogP contribution in [-0.4, -0.2) is 50.5 Å². The molecule has 112 valence electrons. The second-order valence-electron chi connectivity index (χ2n) is 4.17. The predicted molar refractivity (Wildman–Crippen MR) is 66.7 cm³/mol. The number of methoxy groups -OCH3 is 1. The van der Waals surface area contributed by atoms with Gasteiger partial charge in [0, 0.05) is 19.7 Å². The predicted octanol–water partition coefficient (Wildman–Crippen LogP) is 0.407. The van der Waals surface area contributed by atoms with Crippen molar-refractivity contribution >= 4 is 22.0 Å². The number of ether oxygens (including phenoxy) is 1. The molecule has 0 bridgehead atoms. The van der Waals surface area contributed by atoms with E-state index in [2.05, 4.69) is 4.74 Å². The van der Waals surface area contributed by atoms with Crippen LogP contribution in [0, 0.1) is 5.92 Å². The van der Waals surface area contributed by atoms with Crippen molar-refractivity contribution in [2.24, 2.45) is 5.92 Å². The van der Waals surface area contributed by atoms with Gasteiger partial charge in [-0.25, -0.2) is 13.2 Å². The zero-order valence-electron chi connectivity index (χ0n) is 11.2. The number of aliphatic carboxylic acids is 1. The summed E-state index contributed by atoms with van der Waals surface area (Å²) in [6, 6.07) is 1.03. The largest absolute Gasteiger partial charge is 0.481 e. The van der Waals surface area contributed by atoms with Gasteiger partial charge >= 0.3 is 11.9 Å². The van der Waals surface area contributed by atoms with Crippen LogP contribution in [-0.2, 0) is 19.6 Å². The summed E-state index contributed by atoms with van der Waals surface area (Å²) < 4.78 is 34.3. The highest BCUT2D eigenvalue weighted by molar-refractivity contribution is 7.89. The van der Waals surface area contributed by atoms with Gasteiger partial charge in [-0.1, -0.05) is 6.92 Å². The molecule has 1 atom stereocenters. The minimum Gasteiger partial charge on any atom is -0.481 e. The summed E-state index contributed by atoms with van der Waals surface area (Å²) in [5.41, 5.74) is -0.0363. The standard InChI is InChI=1S/C11H15NO7S/c1-7(10(13)14)5-12(2)20(16,17)9-4-8(6-19-9)11(15)18-3/h4,6-7H,5H2,1-3H3,(H,13,14). The lowest BCUT2D eigenvalue weighted by Gasteiger charge is -2.17. The van der Waals surface area contributed by atoms with Crippen LogP contribution >= 0.6 is 0 Å². The Morgan fingerprint density at radius 1 is 1.50 bits per heavy atom. The van der Waals surface area contributed by atoms with Crippen LogP contribution in [0.5, 0.6) is 0 Å². The first-order valence-electron chi connectivity index (χ1n) is 5.56. The van der Waals surface area contributed by atoms with E-state index in [-0.39, 0.29) is 12.1 Å². The van der Waals surface area contributed by atoms with Crippen LogP contribution in [0.3, 0.4) is 0 Å². The molecule has 0 radical (unpaired) electrons. The smallest absolute Gasteiger partial charge is 0.341 e. The van der Waals surface area contributed by atoms with Gasteiger partial charge in [0.2, 0.25) is 5.09 Å². The van der Waals surface area contributed by atoms with Crippen molar-refractivity contribution in [2.45, 2.75) is 12.0 Å². The zero-order chi connectivity index (χ0) is 15.5. The van der Waals surface area contributed by atoms with Crippen molar-refractivity contribution in [2.75, 3.05) is 20.7 Å². The van der Waals surface area contributed by atoms with Crippen molar-refractivity contribution in [3.63, 3.8) is 0 Å². The second-order valence-corrected chi connectivity index (χ2v) is 6.15. The molecule has 0 amide bonds. The van der Waals surface area contributed by atoms with Crippen LogP contribution in [0.1, 0.15) is 17.3 Å². The quantitative estimate of drug-likeness (QED) is 0.757. The molecule has 1 rings (SSSR count). The zero-order valence-corrected chi connectivity index (χ0v) is 12.0. The Labute approximate surface area is 116 Å². The molecule has 8 nitrogen and oxygen atoms in total. The SMILES string of the molecule is COC(=O)c1coc(S(=O)(=O)N(C)CC(C)C(=O)O)c1. The number of carboxylic acid groups (broad SMARTS) is 1. The molecule has 0 aliphatic rings. The average molecular weight is 305 g/mol. The molecule has 1 aromatic heterocycles. The number of carbonyl (C=O) groups is 2. The van der Waals surface area contributed by atoms with E-state index in [0.29, 0.717) is 0 Å². The van der Waals surface area contributed by atoms with E-state index < -0.39 is 33.0 Å². The number of rotatable bonds is 6. The number of furan rings is 1. The van der Waals surface area contributed by atoms with Crippen LogP contribution in [0.2, 0.25) is 0 Å². The summed E-state index contributed by atoms with van der Waals surface area (Å²) in [6.07, 6.45) is 0.965. The Bertz CT molecular complexity index is 604. The third-order valence-corrected chi connectivity index (χ3v) is 4.31. The van der Waals surface area contributed by atoms with Gasteiger partial charge in [-0.05, 0) is 0 Å². The first kappa shape index (κ1) is 16.2. The number of carbonyl (C=O) groups excluding carboxylic acids is 1. The normalized spacial score (nSPS) is 13.2. The lowest BCUT2D eigenvalue weighted by atomic mass is 10.2. The topological polar surface area (TPSA) is 114 Å². The van der Waals surface area contributed by atoms with Gasteiger partial charge < -0.3 is 14.3 Å². The third kappa shape index (κ3) is 3.36. The first-order valence-corrected chi connectivity index (χ1v) is 7.00. The fraction of sp³-hybridized carbons (Fsp3) is 0.455. The molecule has 0 aliphatic heterocycles. The number of hydrogen-bond donors (Lipinski definition) is 1. The maximum atomic E-state index is 12.1. The van der Waals surface area contributed by atoms with Gasteiger partial charge in [-0.2, -0.15) is 4.31 Å². The van der Waals surface area contributed by atoms with E-state index in [1.807, 2.05) is 0 Å². The van der Waals surface area contributed by atoms with Crippen molar-refractivity contribution in [3.05, 3.63) is 17.9 Å². The Balaban J connectivity index is 2.96. The van der Waals surface area contributed by atoms with Gasteiger partial charge in [0.15, 0.2) is 0 Å². The van der Waals surface area contributed by atoms with E-state index in [9.17, 15) is 18.0 Å². The van der Waals surface area contributed by atoms with E-state index in [1.54, 1.807) is 0 Å². The van der Waals surface area contributed by atoms with E-state index >= 15 is 0 Å². The molecule has 1 heterocycles. The Morgan fingerprint density at radius 2 is 2.10 bits per heavy atom. The van der Waals surface area contributed by atoms with Crippen LogP contribution in [0.25, 0.3) is 0 Å². The first-order chi connectivity index (χ1) is 9.20. The van der Waals surface area contributed by atoms with Crippen molar-refractivity contribution in [1.82, 2.24) is 4.31 Å². The Hall–Kier alpha value is -1.87. The maximum absolute atomic E-state index is 12.1. The highest BCUT2D eigenvalue weighted by Gasteiger charge is 2.28. The van der Waals surface area contributed by atoms with Gasteiger partial charge in [-0.3, -0.25) is 4.79 Å².